The molecule has 0 bridgehead atoms. The Labute approximate surface area is 165 Å². The van der Waals surface area contributed by atoms with Gasteiger partial charge in [0.15, 0.2) is 5.82 Å². The van der Waals surface area contributed by atoms with Crippen molar-refractivity contribution in [3.63, 3.8) is 0 Å². The number of anilines is 1. The van der Waals surface area contributed by atoms with E-state index >= 15 is 0 Å². The highest BCUT2D eigenvalue weighted by atomic mass is 16.2. The minimum absolute atomic E-state index is 0.0225. The average Bonchev–Trinajstić information content (AvgIpc) is 2.72. The first-order valence-electron chi connectivity index (χ1n) is 9.28. The molecule has 144 valence electrons. The molecule has 0 fully saturated rings. The summed E-state index contributed by atoms with van der Waals surface area (Å²) in [5, 5.41) is 3.00. The topological polar surface area (TPSA) is 71.0 Å². The molecule has 2 heterocycles. The number of carbonyl (C=O) groups excluding carboxylic acids is 1. The molecule has 0 radical (unpaired) electrons. The minimum atomic E-state index is -0.0354. The number of pyridine rings is 1. The molecule has 0 aliphatic carbocycles. The maximum Gasteiger partial charge on any atom is 0.253 e. The number of benzene rings is 1. The number of rotatable bonds is 6. The van der Waals surface area contributed by atoms with E-state index in [0.717, 1.165) is 17.1 Å². The number of nitrogens with one attached hydrogen (secondary N) is 1. The van der Waals surface area contributed by atoms with Gasteiger partial charge in [-0.2, -0.15) is 0 Å². The van der Waals surface area contributed by atoms with Crippen LogP contribution >= 0.6 is 0 Å². The molecule has 1 amide bonds. The smallest absolute Gasteiger partial charge is 0.253 e. The number of hydrogen-bond acceptors (Lipinski definition) is 5. The fourth-order valence-corrected chi connectivity index (χ4v) is 2.98. The first kappa shape index (κ1) is 19.5. The Morgan fingerprint density at radius 3 is 2.68 bits per heavy atom. The van der Waals surface area contributed by atoms with E-state index in [2.05, 4.69) is 26.3 Å². The van der Waals surface area contributed by atoms with E-state index in [4.69, 9.17) is 0 Å². The Morgan fingerprint density at radius 1 is 1.14 bits per heavy atom. The van der Waals surface area contributed by atoms with Crippen LogP contribution in [0.4, 0.5) is 5.82 Å². The molecule has 3 aromatic rings. The van der Waals surface area contributed by atoms with Gasteiger partial charge in [0.2, 0.25) is 0 Å². The molecular formula is C22H25N5O. The highest BCUT2D eigenvalue weighted by Crippen LogP contribution is 2.19. The van der Waals surface area contributed by atoms with Gasteiger partial charge in [0.05, 0.1) is 0 Å². The predicted molar refractivity (Wildman–Crippen MR) is 111 cm³/mol. The summed E-state index contributed by atoms with van der Waals surface area (Å²) in [6.07, 6.45) is 4.21. The predicted octanol–water partition coefficient (Wildman–Crippen LogP) is 3.59. The van der Waals surface area contributed by atoms with Crippen molar-refractivity contribution in [2.45, 2.75) is 26.3 Å². The molecule has 3 rings (SSSR count). The fraction of sp³-hybridized carbons (Fsp3) is 0.273. The van der Waals surface area contributed by atoms with Crippen LogP contribution in [0.3, 0.4) is 0 Å². The van der Waals surface area contributed by atoms with Crippen molar-refractivity contribution in [3.05, 3.63) is 71.7 Å². The van der Waals surface area contributed by atoms with Gasteiger partial charge in [-0.1, -0.05) is 12.1 Å². The lowest BCUT2D eigenvalue weighted by molar-refractivity contribution is 0.0743. The maximum atomic E-state index is 13.0. The normalized spacial score (nSPS) is 11.7. The van der Waals surface area contributed by atoms with Crippen molar-refractivity contribution >= 4 is 11.7 Å². The van der Waals surface area contributed by atoms with E-state index in [1.807, 2.05) is 64.5 Å². The van der Waals surface area contributed by atoms with Crippen molar-refractivity contribution < 1.29 is 4.79 Å². The minimum Gasteiger partial charge on any atom is -0.373 e. The number of carbonyl (C=O) groups is 1. The van der Waals surface area contributed by atoms with E-state index in [0.29, 0.717) is 17.8 Å². The standard InChI is InChI=1S/C22H25N5O/c1-15-8-10-24-19(12-15)13-16(2)27(4)22(28)18-7-5-6-17(14-18)21-25-11-9-20(23-3)26-21/h5-12,14,16H,13H2,1-4H3,(H,23,25,26)/t16-/m1/s1. The molecule has 0 saturated carbocycles. The van der Waals surface area contributed by atoms with Crippen molar-refractivity contribution in [1.82, 2.24) is 19.9 Å². The first-order chi connectivity index (χ1) is 13.5. The Balaban J connectivity index is 1.77. The second-order valence-corrected chi connectivity index (χ2v) is 6.89. The van der Waals surface area contributed by atoms with Crippen LogP contribution in [0.25, 0.3) is 11.4 Å². The van der Waals surface area contributed by atoms with Crippen molar-refractivity contribution in [3.8, 4) is 11.4 Å². The zero-order chi connectivity index (χ0) is 20.1. The quantitative estimate of drug-likeness (QED) is 0.713. The molecule has 2 aromatic heterocycles. The zero-order valence-corrected chi connectivity index (χ0v) is 16.7. The lowest BCUT2D eigenvalue weighted by atomic mass is 10.1. The molecule has 6 nitrogen and oxygen atoms in total. The maximum absolute atomic E-state index is 13.0. The molecule has 0 spiro atoms. The monoisotopic (exact) mass is 375 g/mol. The van der Waals surface area contributed by atoms with Crippen LogP contribution < -0.4 is 5.32 Å². The van der Waals surface area contributed by atoms with Gasteiger partial charge in [0.1, 0.15) is 5.82 Å². The zero-order valence-electron chi connectivity index (χ0n) is 16.7. The number of aromatic nitrogens is 3. The lowest BCUT2D eigenvalue weighted by Crippen LogP contribution is -2.36. The third-order valence-electron chi connectivity index (χ3n) is 4.74. The van der Waals surface area contributed by atoms with Crippen molar-refractivity contribution in [2.24, 2.45) is 0 Å². The molecule has 1 aromatic carbocycles. The van der Waals surface area contributed by atoms with E-state index in [1.54, 1.807) is 17.2 Å². The average molecular weight is 375 g/mol. The Kier molecular flexibility index (Phi) is 5.99. The van der Waals surface area contributed by atoms with E-state index in [1.165, 1.54) is 5.56 Å². The van der Waals surface area contributed by atoms with Gasteiger partial charge in [0, 0.05) is 55.8 Å². The molecule has 0 unspecified atom stereocenters. The van der Waals surface area contributed by atoms with Gasteiger partial charge in [-0.3, -0.25) is 9.78 Å². The highest BCUT2D eigenvalue weighted by molar-refractivity contribution is 5.95. The van der Waals surface area contributed by atoms with Gasteiger partial charge in [-0.15, -0.1) is 0 Å². The Hall–Kier alpha value is -3.28. The second-order valence-electron chi connectivity index (χ2n) is 6.89. The fourth-order valence-electron chi connectivity index (χ4n) is 2.98. The van der Waals surface area contributed by atoms with Crippen LogP contribution in [0.5, 0.6) is 0 Å². The molecule has 1 N–H and O–H groups in total. The Bertz CT molecular complexity index is 972. The van der Waals surface area contributed by atoms with Gasteiger partial charge >= 0.3 is 0 Å². The van der Waals surface area contributed by atoms with Crippen LogP contribution in [0.2, 0.25) is 0 Å². The number of hydrogen-bond donors (Lipinski definition) is 1. The summed E-state index contributed by atoms with van der Waals surface area (Å²) in [5.41, 5.74) is 3.58. The second kappa shape index (κ2) is 8.61. The van der Waals surface area contributed by atoms with Crippen molar-refractivity contribution in [1.29, 1.82) is 0 Å². The summed E-state index contributed by atoms with van der Waals surface area (Å²) < 4.78 is 0. The van der Waals surface area contributed by atoms with Gasteiger partial charge in [-0.25, -0.2) is 9.97 Å². The summed E-state index contributed by atoms with van der Waals surface area (Å²) in [4.78, 5) is 27.9. The van der Waals surface area contributed by atoms with Crippen LogP contribution in [0.15, 0.2) is 54.9 Å². The first-order valence-corrected chi connectivity index (χ1v) is 9.28. The Morgan fingerprint density at radius 2 is 1.93 bits per heavy atom. The molecule has 0 saturated heterocycles. The summed E-state index contributed by atoms with van der Waals surface area (Å²) >= 11 is 0. The van der Waals surface area contributed by atoms with Crippen LogP contribution in [0, 0.1) is 6.92 Å². The van der Waals surface area contributed by atoms with E-state index in [9.17, 15) is 4.79 Å². The number of aryl methyl sites for hydroxylation is 1. The number of likely N-dealkylation sites (N-methyl/N-ethyl adjacent to an activating group) is 1. The SMILES string of the molecule is CNc1ccnc(-c2cccc(C(=O)N(C)[C@H](C)Cc3cc(C)ccn3)c2)n1. The van der Waals surface area contributed by atoms with E-state index < -0.39 is 0 Å². The third kappa shape index (κ3) is 4.52. The van der Waals surface area contributed by atoms with Crippen LogP contribution in [0.1, 0.15) is 28.5 Å². The third-order valence-corrected chi connectivity index (χ3v) is 4.74. The summed E-state index contributed by atoms with van der Waals surface area (Å²) in [6.45, 7) is 4.08. The van der Waals surface area contributed by atoms with Gasteiger partial charge in [-0.05, 0) is 49.7 Å². The van der Waals surface area contributed by atoms with Crippen LogP contribution in [-0.2, 0) is 6.42 Å². The summed E-state index contributed by atoms with van der Waals surface area (Å²) in [6, 6.07) is 13.3. The number of amides is 1. The molecule has 1 atom stereocenters. The summed E-state index contributed by atoms with van der Waals surface area (Å²) in [5.74, 6) is 1.28. The molecule has 0 aliphatic heterocycles. The molecule has 0 aliphatic rings. The van der Waals surface area contributed by atoms with Gasteiger partial charge < -0.3 is 10.2 Å². The van der Waals surface area contributed by atoms with Gasteiger partial charge in [0.25, 0.3) is 5.91 Å². The number of nitrogens with zero attached hydrogens (tertiary/aromatic N) is 4. The molecule has 28 heavy (non-hydrogen) atoms. The highest BCUT2D eigenvalue weighted by Gasteiger charge is 2.19. The molecular weight excluding hydrogens is 350 g/mol. The molecule has 6 heteroatoms. The lowest BCUT2D eigenvalue weighted by Gasteiger charge is -2.25. The van der Waals surface area contributed by atoms with E-state index in [-0.39, 0.29) is 11.9 Å². The summed E-state index contributed by atoms with van der Waals surface area (Å²) in [7, 11) is 3.64. The van der Waals surface area contributed by atoms with Crippen LogP contribution in [-0.4, -0.2) is 45.9 Å². The van der Waals surface area contributed by atoms with Crippen molar-refractivity contribution in [2.75, 3.05) is 19.4 Å². The largest absolute Gasteiger partial charge is 0.373 e.